The van der Waals surface area contributed by atoms with Crippen LogP contribution in [0.5, 0.6) is 0 Å². The fraction of sp³-hybridized carbons (Fsp3) is 0.550. The second kappa shape index (κ2) is 8.77. The molecule has 22 heavy (non-hydrogen) atoms. The number of carboxylic acids is 1. The minimum atomic E-state index is -0.708. The number of allylic oxidation sites excluding steroid dienone is 2. The van der Waals surface area contributed by atoms with Crippen LogP contribution in [-0.4, -0.2) is 11.1 Å². The number of carbonyl (C=O) groups is 1. The summed E-state index contributed by atoms with van der Waals surface area (Å²) in [5.41, 5.74) is 2.94. The molecule has 2 heteroatoms. The lowest BCUT2D eigenvalue weighted by molar-refractivity contribution is -0.136. The Hall–Kier alpha value is -1.57. The van der Waals surface area contributed by atoms with Gasteiger partial charge in [-0.25, -0.2) is 0 Å². The van der Waals surface area contributed by atoms with Crippen LogP contribution in [-0.2, 0) is 11.2 Å². The van der Waals surface area contributed by atoms with E-state index in [-0.39, 0.29) is 6.42 Å². The monoisotopic (exact) mass is 300 g/mol. The first-order valence-electron chi connectivity index (χ1n) is 8.66. The first-order chi connectivity index (χ1) is 10.7. The van der Waals surface area contributed by atoms with Gasteiger partial charge in [0.2, 0.25) is 0 Å². The van der Waals surface area contributed by atoms with Crippen LogP contribution < -0.4 is 0 Å². The van der Waals surface area contributed by atoms with Crippen molar-refractivity contribution < 1.29 is 9.90 Å². The summed E-state index contributed by atoms with van der Waals surface area (Å²) in [5.74, 6) is 0.642. The zero-order chi connectivity index (χ0) is 15.8. The molecule has 0 radical (unpaired) electrons. The third-order valence-corrected chi connectivity index (χ3v) is 4.69. The molecule has 0 unspecified atom stereocenters. The minimum Gasteiger partial charge on any atom is -0.481 e. The maximum Gasteiger partial charge on any atom is 0.303 e. The molecule has 1 aromatic carbocycles. The molecule has 0 atom stereocenters. The molecule has 0 aliphatic heterocycles. The number of aryl methyl sites for hydroxylation is 1. The topological polar surface area (TPSA) is 37.3 Å². The fourth-order valence-electron chi connectivity index (χ4n) is 3.39. The number of benzene rings is 1. The van der Waals surface area contributed by atoms with E-state index >= 15 is 0 Å². The third kappa shape index (κ3) is 5.32. The summed E-state index contributed by atoms with van der Waals surface area (Å²) >= 11 is 0. The Morgan fingerprint density at radius 2 is 1.86 bits per heavy atom. The van der Waals surface area contributed by atoms with E-state index in [1.165, 1.54) is 49.7 Å². The normalized spacial score (nSPS) is 22.0. The SMILES string of the molecule is CCCc1ccc([C@H]2CC[C@H](C=CCCC(=O)O)CC2)cc1. The van der Waals surface area contributed by atoms with Gasteiger partial charge in [-0.3, -0.25) is 4.79 Å². The van der Waals surface area contributed by atoms with Gasteiger partial charge < -0.3 is 5.11 Å². The van der Waals surface area contributed by atoms with E-state index in [4.69, 9.17) is 5.11 Å². The van der Waals surface area contributed by atoms with Gasteiger partial charge in [-0.05, 0) is 61.5 Å². The zero-order valence-electron chi connectivity index (χ0n) is 13.6. The van der Waals surface area contributed by atoms with Crippen LogP contribution in [0.15, 0.2) is 36.4 Å². The maximum atomic E-state index is 10.5. The summed E-state index contributed by atoms with van der Waals surface area (Å²) in [6.45, 7) is 2.22. The van der Waals surface area contributed by atoms with Crippen LogP contribution in [0.25, 0.3) is 0 Å². The van der Waals surface area contributed by atoms with Gasteiger partial charge in [-0.15, -0.1) is 0 Å². The molecule has 0 saturated heterocycles. The van der Waals surface area contributed by atoms with Crippen molar-refractivity contribution in [3.63, 3.8) is 0 Å². The molecule has 1 N–H and O–H groups in total. The van der Waals surface area contributed by atoms with Gasteiger partial charge >= 0.3 is 5.97 Å². The van der Waals surface area contributed by atoms with Crippen molar-refractivity contribution >= 4 is 5.97 Å². The van der Waals surface area contributed by atoms with Crippen molar-refractivity contribution in [1.82, 2.24) is 0 Å². The predicted molar refractivity (Wildman–Crippen MR) is 91.1 cm³/mol. The molecule has 1 aliphatic rings. The van der Waals surface area contributed by atoms with Crippen LogP contribution >= 0.6 is 0 Å². The summed E-state index contributed by atoms with van der Waals surface area (Å²) in [4.78, 5) is 10.5. The van der Waals surface area contributed by atoms with Crippen molar-refractivity contribution in [2.75, 3.05) is 0 Å². The van der Waals surface area contributed by atoms with Crippen molar-refractivity contribution in [3.8, 4) is 0 Å². The maximum absolute atomic E-state index is 10.5. The second-order valence-electron chi connectivity index (χ2n) is 6.46. The highest BCUT2D eigenvalue weighted by atomic mass is 16.4. The molecule has 0 spiro atoms. The van der Waals surface area contributed by atoms with Gasteiger partial charge in [0.15, 0.2) is 0 Å². The van der Waals surface area contributed by atoms with Crippen LogP contribution in [0.2, 0.25) is 0 Å². The van der Waals surface area contributed by atoms with Crippen molar-refractivity contribution in [1.29, 1.82) is 0 Å². The van der Waals surface area contributed by atoms with Gasteiger partial charge in [-0.2, -0.15) is 0 Å². The van der Waals surface area contributed by atoms with Crippen LogP contribution in [0.4, 0.5) is 0 Å². The summed E-state index contributed by atoms with van der Waals surface area (Å²) in [7, 11) is 0. The summed E-state index contributed by atoms with van der Waals surface area (Å²) < 4.78 is 0. The second-order valence-corrected chi connectivity index (χ2v) is 6.46. The van der Waals surface area contributed by atoms with Gasteiger partial charge in [0.05, 0.1) is 0 Å². The highest BCUT2D eigenvalue weighted by Gasteiger charge is 2.20. The molecule has 0 amide bonds. The number of rotatable bonds is 7. The molecule has 2 nitrogen and oxygen atoms in total. The van der Waals surface area contributed by atoms with Crippen LogP contribution in [0, 0.1) is 5.92 Å². The highest BCUT2D eigenvalue weighted by molar-refractivity contribution is 5.66. The van der Waals surface area contributed by atoms with E-state index < -0.39 is 5.97 Å². The van der Waals surface area contributed by atoms with E-state index in [1.807, 2.05) is 0 Å². The Kier molecular flexibility index (Phi) is 6.70. The van der Waals surface area contributed by atoms with E-state index in [0.29, 0.717) is 18.3 Å². The van der Waals surface area contributed by atoms with E-state index in [9.17, 15) is 4.79 Å². The minimum absolute atomic E-state index is 0.246. The summed E-state index contributed by atoms with van der Waals surface area (Å²) in [6, 6.07) is 9.21. The van der Waals surface area contributed by atoms with Crippen molar-refractivity contribution in [3.05, 3.63) is 47.5 Å². The highest BCUT2D eigenvalue weighted by Crippen LogP contribution is 2.36. The van der Waals surface area contributed by atoms with Gasteiger partial charge in [-0.1, -0.05) is 49.8 Å². The van der Waals surface area contributed by atoms with Crippen LogP contribution in [0.1, 0.15) is 68.9 Å². The summed E-state index contributed by atoms with van der Waals surface area (Å²) in [6.07, 6.45) is 12.5. The molecular weight excluding hydrogens is 272 g/mol. The van der Waals surface area contributed by atoms with Gasteiger partial charge in [0.25, 0.3) is 0 Å². The lowest BCUT2D eigenvalue weighted by atomic mass is 9.78. The number of aliphatic carboxylic acids is 1. The van der Waals surface area contributed by atoms with E-state index in [1.54, 1.807) is 0 Å². The largest absolute Gasteiger partial charge is 0.481 e. The Labute approximate surface area is 134 Å². The van der Waals surface area contributed by atoms with E-state index in [2.05, 4.69) is 43.3 Å². The molecule has 120 valence electrons. The number of hydrogen-bond donors (Lipinski definition) is 1. The Balaban J connectivity index is 1.77. The Morgan fingerprint density at radius 3 is 2.45 bits per heavy atom. The van der Waals surface area contributed by atoms with E-state index in [0.717, 1.165) is 0 Å². The fourth-order valence-corrected chi connectivity index (χ4v) is 3.39. The summed E-state index contributed by atoms with van der Waals surface area (Å²) in [5, 5.41) is 8.63. The standard InChI is InChI=1S/C20H28O2/c1-2-5-16-8-12-18(13-9-16)19-14-10-17(11-15-19)6-3-4-7-20(21)22/h3,6,8-9,12-13,17,19H,2,4-5,7,10-11,14-15H2,1H3,(H,21,22)/t17-,19-. The van der Waals surface area contributed by atoms with Crippen LogP contribution in [0.3, 0.4) is 0 Å². The van der Waals surface area contributed by atoms with Crippen molar-refractivity contribution in [2.24, 2.45) is 5.92 Å². The zero-order valence-corrected chi connectivity index (χ0v) is 13.6. The molecular formula is C20H28O2. The molecule has 0 aromatic heterocycles. The number of carboxylic acid groups (broad SMARTS) is 1. The third-order valence-electron chi connectivity index (χ3n) is 4.69. The first kappa shape index (κ1) is 16.8. The molecule has 0 heterocycles. The molecule has 1 aliphatic carbocycles. The molecule has 2 rings (SSSR count). The van der Waals surface area contributed by atoms with Gasteiger partial charge in [0, 0.05) is 6.42 Å². The molecule has 1 saturated carbocycles. The molecule has 0 bridgehead atoms. The van der Waals surface area contributed by atoms with Gasteiger partial charge in [0.1, 0.15) is 0 Å². The number of hydrogen-bond acceptors (Lipinski definition) is 1. The van der Waals surface area contributed by atoms with Crippen molar-refractivity contribution in [2.45, 2.75) is 64.2 Å². The lowest BCUT2D eigenvalue weighted by Crippen LogP contribution is -2.11. The average molecular weight is 300 g/mol. The smallest absolute Gasteiger partial charge is 0.303 e. The quantitative estimate of drug-likeness (QED) is 0.691. The predicted octanol–water partition coefficient (Wildman–Crippen LogP) is 5.33. The first-order valence-corrected chi connectivity index (χ1v) is 8.66. The molecule has 1 aromatic rings. The Bertz CT molecular complexity index is 479. The Morgan fingerprint density at radius 1 is 1.18 bits per heavy atom. The molecule has 1 fully saturated rings. The average Bonchev–Trinajstić information content (AvgIpc) is 2.53. The lowest BCUT2D eigenvalue weighted by Gasteiger charge is -2.27.